The Labute approximate surface area is 124 Å². The Bertz CT molecular complexity index is 585. The summed E-state index contributed by atoms with van der Waals surface area (Å²) >= 11 is 1.63. The van der Waals surface area contributed by atoms with E-state index in [-0.39, 0.29) is 11.2 Å². The minimum Gasteiger partial charge on any atom is -0.399 e. The van der Waals surface area contributed by atoms with Crippen LogP contribution in [0.2, 0.25) is 0 Å². The van der Waals surface area contributed by atoms with Crippen LogP contribution in [-0.4, -0.2) is 0 Å². The third-order valence-corrected chi connectivity index (χ3v) is 4.25. The quantitative estimate of drug-likeness (QED) is 0.636. The van der Waals surface area contributed by atoms with Gasteiger partial charge in [0.15, 0.2) is 0 Å². The van der Waals surface area contributed by atoms with Gasteiger partial charge in [-0.15, -0.1) is 11.8 Å². The van der Waals surface area contributed by atoms with Crippen molar-refractivity contribution in [2.45, 2.75) is 36.8 Å². The first kappa shape index (κ1) is 14.9. The molecule has 106 valence electrons. The van der Waals surface area contributed by atoms with Crippen LogP contribution in [0, 0.1) is 5.82 Å². The lowest BCUT2D eigenvalue weighted by Crippen LogP contribution is -2.10. The maximum absolute atomic E-state index is 13.7. The van der Waals surface area contributed by atoms with E-state index in [0.29, 0.717) is 17.0 Å². The molecule has 0 saturated heterocycles. The molecule has 0 unspecified atom stereocenters. The van der Waals surface area contributed by atoms with Crippen LogP contribution in [0.5, 0.6) is 0 Å². The predicted octanol–water partition coefficient (Wildman–Crippen LogP) is 5.00. The molecule has 0 aromatic heterocycles. The maximum Gasteiger partial charge on any atom is 0.129 e. The molecule has 20 heavy (non-hydrogen) atoms. The molecule has 0 saturated carbocycles. The van der Waals surface area contributed by atoms with Crippen LogP contribution in [0.1, 0.15) is 31.9 Å². The minimum atomic E-state index is -0.233. The van der Waals surface area contributed by atoms with Gasteiger partial charge in [0.2, 0.25) is 0 Å². The third kappa shape index (κ3) is 3.76. The number of nitrogen functional groups attached to an aromatic ring is 1. The molecular formula is C17H20FNS. The number of hydrogen-bond acceptors (Lipinski definition) is 2. The van der Waals surface area contributed by atoms with Crippen LogP contribution in [0.25, 0.3) is 0 Å². The molecule has 0 aliphatic rings. The first-order chi connectivity index (χ1) is 9.36. The molecular weight excluding hydrogens is 269 g/mol. The molecule has 0 aliphatic heterocycles. The monoisotopic (exact) mass is 289 g/mol. The summed E-state index contributed by atoms with van der Waals surface area (Å²) in [5, 5.41) is 0. The molecule has 2 aromatic carbocycles. The SMILES string of the molecule is CC(C)(C)c1ccc(SCc2ccc(N)cc2F)cc1. The number of benzene rings is 2. The fourth-order valence-corrected chi connectivity index (χ4v) is 2.78. The summed E-state index contributed by atoms with van der Waals surface area (Å²) in [5.74, 6) is 0.379. The van der Waals surface area contributed by atoms with E-state index in [0.717, 1.165) is 4.90 Å². The van der Waals surface area contributed by atoms with Crippen molar-refractivity contribution in [3.63, 3.8) is 0 Å². The van der Waals surface area contributed by atoms with Crippen LogP contribution < -0.4 is 5.73 Å². The average molecular weight is 289 g/mol. The minimum absolute atomic E-state index is 0.159. The summed E-state index contributed by atoms with van der Waals surface area (Å²) < 4.78 is 13.7. The maximum atomic E-state index is 13.7. The first-order valence-electron chi connectivity index (χ1n) is 6.63. The van der Waals surface area contributed by atoms with Gasteiger partial charge in [0.1, 0.15) is 5.82 Å². The Morgan fingerprint density at radius 1 is 1.05 bits per heavy atom. The van der Waals surface area contributed by atoms with E-state index in [2.05, 4.69) is 45.0 Å². The number of hydrogen-bond donors (Lipinski definition) is 1. The van der Waals surface area contributed by atoms with E-state index in [9.17, 15) is 4.39 Å². The molecule has 0 radical (unpaired) electrons. The van der Waals surface area contributed by atoms with Crippen LogP contribution in [0.15, 0.2) is 47.4 Å². The second-order valence-electron chi connectivity index (χ2n) is 5.91. The fraction of sp³-hybridized carbons (Fsp3) is 0.294. The molecule has 0 bridgehead atoms. The highest BCUT2D eigenvalue weighted by Crippen LogP contribution is 2.28. The van der Waals surface area contributed by atoms with Crippen molar-refractivity contribution < 1.29 is 4.39 Å². The highest BCUT2D eigenvalue weighted by atomic mass is 32.2. The van der Waals surface area contributed by atoms with Gasteiger partial charge >= 0.3 is 0 Å². The number of anilines is 1. The van der Waals surface area contributed by atoms with Crippen molar-refractivity contribution in [3.05, 3.63) is 59.4 Å². The average Bonchev–Trinajstić information content (AvgIpc) is 2.37. The van der Waals surface area contributed by atoms with E-state index < -0.39 is 0 Å². The molecule has 3 heteroatoms. The van der Waals surface area contributed by atoms with E-state index in [4.69, 9.17) is 5.73 Å². The van der Waals surface area contributed by atoms with Gasteiger partial charge in [-0.3, -0.25) is 0 Å². The van der Waals surface area contributed by atoms with Crippen molar-refractivity contribution in [1.29, 1.82) is 0 Å². The molecule has 0 heterocycles. The molecule has 2 N–H and O–H groups in total. The first-order valence-corrected chi connectivity index (χ1v) is 7.62. The molecule has 2 rings (SSSR count). The van der Waals surface area contributed by atoms with Crippen molar-refractivity contribution in [3.8, 4) is 0 Å². The summed E-state index contributed by atoms with van der Waals surface area (Å²) in [6.07, 6.45) is 0. The van der Waals surface area contributed by atoms with Gasteiger partial charge in [-0.25, -0.2) is 4.39 Å². The molecule has 1 nitrogen and oxygen atoms in total. The normalized spacial score (nSPS) is 11.6. The molecule has 0 fully saturated rings. The molecule has 0 aliphatic carbocycles. The van der Waals surface area contributed by atoms with Gasteiger partial charge in [-0.1, -0.05) is 39.0 Å². The second-order valence-corrected chi connectivity index (χ2v) is 6.96. The van der Waals surface area contributed by atoms with E-state index >= 15 is 0 Å². The van der Waals surface area contributed by atoms with E-state index in [1.807, 2.05) is 0 Å². The molecule has 0 amide bonds. The lowest BCUT2D eigenvalue weighted by atomic mass is 9.87. The second kappa shape index (κ2) is 5.88. The summed E-state index contributed by atoms with van der Waals surface area (Å²) in [5.41, 5.74) is 8.16. The number of thioether (sulfide) groups is 1. The van der Waals surface area contributed by atoms with Gasteiger partial charge in [-0.2, -0.15) is 0 Å². The summed E-state index contributed by atoms with van der Waals surface area (Å²) in [7, 11) is 0. The van der Waals surface area contributed by atoms with Crippen molar-refractivity contribution in [2.24, 2.45) is 0 Å². The molecule has 0 atom stereocenters. The smallest absolute Gasteiger partial charge is 0.129 e. The summed E-state index contributed by atoms with van der Waals surface area (Å²) in [4.78, 5) is 1.15. The number of rotatable bonds is 3. The van der Waals surface area contributed by atoms with Crippen molar-refractivity contribution in [2.75, 3.05) is 5.73 Å². The van der Waals surface area contributed by atoms with E-state index in [1.165, 1.54) is 11.6 Å². The van der Waals surface area contributed by atoms with Crippen LogP contribution in [0.4, 0.5) is 10.1 Å². The molecule has 0 spiro atoms. The van der Waals surface area contributed by atoms with Crippen molar-refractivity contribution in [1.82, 2.24) is 0 Å². The fourth-order valence-electron chi connectivity index (χ4n) is 1.89. The highest BCUT2D eigenvalue weighted by molar-refractivity contribution is 7.98. The summed E-state index contributed by atoms with van der Waals surface area (Å²) in [6.45, 7) is 6.58. The largest absolute Gasteiger partial charge is 0.399 e. The van der Waals surface area contributed by atoms with Gasteiger partial charge in [-0.05, 0) is 40.8 Å². The molecule has 2 aromatic rings. The summed E-state index contributed by atoms with van der Waals surface area (Å²) in [6, 6.07) is 13.3. The zero-order chi connectivity index (χ0) is 14.8. The highest BCUT2D eigenvalue weighted by Gasteiger charge is 2.13. The predicted molar refractivity (Wildman–Crippen MR) is 85.5 cm³/mol. The van der Waals surface area contributed by atoms with Crippen LogP contribution in [0.3, 0.4) is 0 Å². The Balaban J connectivity index is 2.04. The number of halogens is 1. The zero-order valence-electron chi connectivity index (χ0n) is 12.1. The zero-order valence-corrected chi connectivity index (χ0v) is 12.9. The Morgan fingerprint density at radius 2 is 1.70 bits per heavy atom. The van der Waals surface area contributed by atoms with Crippen molar-refractivity contribution >= 4 is 17.4 Å². The lowest BCUT2D eigenvalue weighted by molar-refractivity contribution is 0.590. The standard InChI is InChI=1S/C17H20FNS/c1-17(2,3)13-5-8-15(9-6-13)20-11-12-4-7-14(19)10-16(12)18/h4-10H,11,19H2,1-3H3. The van der Waals surface area contributed by atoms with Crippen LogP contribution in [-0.2, 0) is 11.2 Å². The van der Waals surface area contributed by atoms with Gasteiger partial charge < -0.3 is 5.73 Å². The Kier molecular flexibility index (Phi) is 4.39. The van der Waals surface area contributed by atoms with Gasteiger partial charge in [0.05, 0.1) is 0 Å². The van der Waals surface area contributed by atoms with Crippen LogP contribution >= 0.6 is 11.8 Å². The lowest BCUT2D eigenvalue weighted by Gasteiger charge is -2.19. The Hall–Kier alpha value is -1.48. The van der Waals surface area contributed by atoms with Gasteiger partial charge in [0, 0.05) is 16.3 Å². The van der Waals surface area contributed by atoms with Gasteiger partial charge in [0.25, 0.3) is 0 Å². The third-order valence-electron chi connectivity index (χ3n) is 3.19. The topological polar surface area (TPSA) is 26.0 Å². The van der Waals surface area contributed by atoms with E-state index in [1.54, 1.807) is 23.9 Å². The Morgan fingerprint density at radius 3 is 2.25 bits per heavy atom. The number of nitrogens with two attached hydrogens (primary N) is 1.